The Balaban J connectivity index is 8.02. The maximum atomic E-state index is 12.7. The van der Waals surface area contributed by atoms with Crippen molar-refractivity contribution >= 4 is 48.5 Å². The summed E-state index contributed by atoms with van der Waals surface area (Å²) in [6, 6.07) is 0. The van der Waals surface area contributed by atoms with Crippen molar-refractivity contribution in [3.05, 3.63) is 0 Å². The van der Waals surface area contributed by atoms with Crippen LogP contribution in [0.15, 0.2) is 0 Å². The van der Waals surface area contributed by atoms with Crippen molar-refractivity contribution in [1.82, 2.24) is 0 Å². The maximum Gasteiger partial charge on any atom is 0.398 e. The van der Waals surface area contributed by atoms with Crippen molar-refractivity contribution in [3.8, 4) is 0 Å². The first-order valence-corrected chi connectivity index (χ1v) is 28.6. The lowest BCUT2D eigenvalue weighted by atomic mass is 10.5. The molecule has 0 heterocycles. The van der Waals surface area contributed by atoms with Gasteiger partial charge >= 0.3 is 34.2 Å². The van der Waals surface area contributed by atoms with E-state index >= 15 is 0 Å². The molecule has 0 saturated heterocycles. The zero-order chi connectivity index (χ0) is 37.0. The fourth-order valence-electron chi connectivity index (χ4n) is 8.24. The maximum absolute atomic E-state index is 12.7. The second-order valence-electron chi connectivity index (χ2n) is 17.4. The number of carbonyl (C=O) groups excluding carboxylic acids is 1. The first-order chi connectivity index (χ1) is 20.6. The lowest BCUT2D eigenvalue weighted by Crippen LogP contribution is -2.71. The van der Waals surface area contributed by atoms with Crippen LogP contribution in [-0.2, 0) is 25.7 Å². The van der Waals surface area contributed by atoms with E-state index in [1.165, 1.54) is 6.92 Å². The highest BCUT2D eigenvalue weighted by Gasteiger charge is 2.66. The first kappa shape index (κ1) is 46.4. The summed E-state index contributed by atoms with van der Waals surface area (Å²) < 4.78 is 38.1. The minimum atomic E-state index is -3.13. The van der Waals surface area contributed by atoms with Crippen LogP contribution in [0.1, 0.15) is 159 Å². The van der Waals surface area contributed by atoms with Crippen LogP contribution in [0, 0.1) is 0 Å². The Morgan fingerprint density at radius 3 is 0.696 bits per heavy atom. The molecule has 0 aliphatic carbocycles. The summed E-state index contributed by atoms with van der Waals surface area (Å²) in [6.07, 6.45) is 0. The number of rotatable bonds is 20. The molecule has 0 aliphatic rings. The average Bonchev–Trinajstić information content (AvgIpc) is 2.86. The van der Waals surface area contributed by atoms with Crippen molar-refractivity contribution < 1.29 is 25.7 Å². The van der Waals surface area contributed by atoms with Crippen molar-refractivity contribution in [2.24, 2.45) is 0 Å². The highest BCUT2D eigenvalue weighted by molar-refractivity contribution is 6.95. The molecule has 0 aromatic carbocycles. The van der Waals surface area contributed by atoms with E-state index in [1.807, 2.05) is 0 Å². The summed E-state index contributed by atoms with van der Waals surface area (Å²) in [7, 11) is -14.6. The van der Waals surface area contributed by atoms with E-state index in [4.69, 9.17) is 20.9 Å². The molecule has 0 N–H and O–H groups in total. The molecular formula is C35H80O6Si5. The number of hydrogen-bond donors (Lipinski definition) is 0. The lowest BCUT2D eigenvalue weighted by Gasteiger charge is -2.57. The molecule has 0 amide bonds. The standard InChI is InChI=1S/C35H80O6Si5/c1-24(2)42(25(3)4,26(5)6)38-44(29(11)12,30(13)14)40-46(33(19)20,34(21)22)41-45(31(15)16,32(17)18)39-43(27(7)8,28(9)10)37-35(23)36/h24-34H,1-23H3. The van der Waals surface area contributed by atoms with E-state index in [0.717, 1.165) is 0 Å². The minimum absolute atomic E-state index is 0.0670. The van der Waals surface area contributed by atoms with E-state index < -0.39 is 42.6 Å². The van der Waals surface area contributed by atoms with E-state index in [9.17, 15) is 4.79 Å². The Bertz CT molecular complexity index is 877. The topological polar surface area (TPSA) is 63.2 Å². The molecule has 6 nitrogen and oxygen atoms in total. The second kappa shape index (κ2) is 17.6. The van der Waals surface area contributed by atoms with Gasteiger partial charge < -0.3 is 20.9 Å². The lowest BCUT2D eigenvalue weighted by molar-refractivity contribution is -0.134. The molecule has 0 saturated carbocycles. The summed E-state index contributed by atoms with van der Waals surface area (Å²) in [4.78, 5) is 12.7. The monoisotopic (exact) mass is 736 g/mol. The third-order valence-electron chi connectivity index (χ3n) is 10.7. The Morgan fingerprint density at radius 1 is 0.326 bits per heavy atom. The van der Waals surface area contributed by atoms with Gasteiger partial charge in [0, 0.05) is 18.0 Å². The Labute approximate surface area is 293 Å². The highest BCUT2D eigenvalue weighted by Crippen LogP contribution is 2.54. The van der Waals surface area contributed by atoms with Crippen molar-refractivity contribution in [2.45, 2.75) is 220 Å². The third kappa shape index (κ3) is 9.19. The van der Waals surface area contributed by atoms with Crippen LogP contribution in [0.3, 0.4) is 0 Å². The fraction of sp³-hybridized carbons (Fsp3) is 0.971. The molecule has 0 aromatic heterocycles. The number of carbonyl (C=O) groups is 1. The van der Waals surface area contributed by atoms with Crippen LogP contribution in [0.2, 0.25) is 61.0 Å². The quantitative estimate of drug-likeness (QED) is 0.116. The molecule has 0 aromatic rings. The molecule has 276 valence electrons. The first-order valence-electron chi connectivity index (χ1n) is 18.6. The van der Waals surface area contributed by atoms with Crippen LogP contribution < -0.4 is 0 Å². The van der Waals surface area contributed by atoms with Crippen LogP contribution in [-0.4, -0.2) is 48.5 Å². The minimum Gasteiger partial charge on any atom is -0.494 e. The molecule has 0 atom stereocenters. The van der Waals surface area contributed by atoms with Crippen LogP contribution in [0.5, 0.6) is 0 Å². The molecule has 0 unspecified atom stereocenters. The smallest absolute Gasteiger partial charge is 0.398 e. The van der Waals surface area contributed by atoms with Crippen molar-refractivity contribution in [2.75, 3.05) is 0 Å². The van der Waals surface area contributed by atoms with Gasteiger partial charge in [-0.1, -0.05) is 152 Å². The highest BCUT2D eigenvalue weighted by atomic mass is 28.5. The molecular weight excluding hydrogens is 657 g/mol. The van der Waals surface area contributed by atoms with E-state index in [2.05, 4.69) is 152 Å². The van der Waals surface area contributed by atoms with Gasteiger partial charge in [-0.25, -0.2) is 0 Å². The molecule has 0 fully saturated rings. The molecule has 46 heavy (non-hydrogen) atoms. The van der Waals surface area contributed by atoms with E-state index in [1.54, 1.807) is 0 Å². The summed E-state index contributed by atoms with van der Waals surface area (Å²) in [5.74, 6) is -0.270. The molecule has 0 rings (SSSR count). The van der Waals surface area contributed by atoms with Gasteiger partial charge in [-0.05, 0) is 49.9 Å². The molecule has 0 spiro atoms. The largest absolute Gasteiger partial charge is 0.494 e. The molecule has 0 bridgehead atoms. The van der Waals surface area contributed by atoms with Gasteiger partial charge in [0.05, 0.1) is 0 Å². The van der Waals surface area contributed by atoms with Crippen LogP contribution in [0.25, 0.3) is 0 Å². The van der Waals surface area contributed by atoms with Gasteiger partial charge in [0.15, 0.2) is 8.32 Å². The van der Waals surface area contributed by atoms with Gasteiger partial charge in [-0.2, -0.15) is 0 Å². The summed E-state index contributed by atoms with van der Waals surface area (Å²) in [6.45, 7) is 51.9. The molecule has 0 radical (unpaired) electrons. The summed E-state index contributed by atoms with van der Waals surface area (Å²) in [5.41, 5.74) is 2.50. The zero-order valence-corrected chi connectivity index (χ0v) is 39.8. The van der Waals surface area contributed by atoms with Gasteiger partial charge in [-0.3, -0.25) is 4.79 Å². The SMILES string of the molecule is CC(=O)O[Si](O[Si](O[Si](O[Si](O[Si](C(C)C)(C(C)C)C(C)C)(C(C)C)C(C)C)(C(C)C)C(C)C)(C(C)C)C(C)C)(C(C)C)C(C)C. The van der Waals surface area contributed by atoms with Gasteiger partial charge in [0.2, 0.25) is 0 Å². The Hall–Kier alpha value is 0.394. The summed E-state index contributed by atoms with van der Waals surface area (Å²) in [5, 5.41) is 0. The van der Waals surface area contributed by atoms with E-state index in [-0.39, 0.29) is 50.3 Å². The van der Waals surface area contributed by atoms with Crippen LogP contribution >= 0.6 is 0 Å². The van der Waals surface area contributed by atoms with E-state index in [0.29, 0.717) is 16.6 Å². The Kier molecular flexibility index (Phi) is 17.7. The third-order valence-corrected chi connectivity index (χ3v) is 40.0. The van der Waals surface area contributed by atoms with Crippen LogP contribution in [0.4, 0.5) is 0 Å². The van der Waals surface area contributed by atoms with Crippen molar-refractivity contribution in [1.29, 1.82) is 0 Å². The second-order valence-corrected chi connectivity index (χ2v) is 41.1. The van der Waals surface area contributed by atoms with Crippen molar-refractivity contribution in [3.63, 3.8) is 0 Å². The number of hydrogen-bond acceptors (Lipinski definition) is 6. The normalized spacial score (nSPS) is 14.8. The predicted octanol–water partition coefficient (Wildman–Crippen LogP) is 12.8. The molecule has 0 aliphatic heterocycles. The predicted molar refractivity (Wildman–Crippen MR) is 211 cm³/mol. The van der Waals surface area contributed by atoms with Gasteiger partial charge in [0.1, 0.15) is 0 Å². The zero-order valence-electron chi connectivity index (χ0n) is 34.8. The summed E-state index contributed by atoms with van der Waals surface area (Å²) >= 11 is 0. The fourth-order valence-corrected chi connectivity index (χ4v) is 44.5. The van der Waals surface area contributed by atoms with Gasteiger partial charge in [-0.15, -0.1) is 0 Å². The Morgan fingerprint density at radius 2 is 0.522 bits per heavy atom. The van der Waals surface area contributed by atoms with Gasteiger partial charge in [0.25, 0.3) is 5.97 Å². The average molecular weight is 737 g/mol. The molecule has 11 heteroatoms.